The minimum Gasteiger partial charge on any atom is -0.494 e. The zero-order chi connectivity index (χ0) is 37.2. The highest BCUT2D eigenvalue weighted by Crippen LogP contribution is 2.39. The number of likely N-dealkylation sites (tertiary alicyclic amines) is 1. The van der Waals surface area contributed by atoms with Gasteiger partial charge in [0.15, 0.2) is 0 Å². The molecule has 0 radical (unpaired) electrons. The molecule has 3 heterocycles. The van der Waals surface area contributed by atoms with E-state index in [4.69, 9.17) is 9.73 Å². The molecule has 0 aliphatic carbocycles. The Kier molecular flexibility index (Phi) is 11.5. The minimum absolute atomic E-state index is 0.0214. The van der Waals surface area contributed by atoms with Crippen molar-refractivity contribution in [1.29, 1.82) is 0 Å². The first-order chi connectivity index (χ1) is 23.9. The number of alkyl halides is 5. The van der Waals surface area contributed by atoms with E-state index in [9.17, 15) is 36.6 Å². The highest BCUT2D eigenvalue weighted by atomic mass is 32.2. The highest BCUT2D eigenvalue weighted by molar-refractivity contribution is 8.15. The molecule has 0 bridgehead atoms. The SMILES string of the molecule is C/C=S(/C=C/c1c(C)cc(C(=O)N2CCC(C)(O)CC2)cc1C)N1CCC2(CC1)N=C(c1cccc(OCCCC(F)(F)C(F)(F)F)c1)NC2=O. The van der Waals surface area contributed by atoms with Gasteiger partial charge < -0.3 is 20.1 Å². The Bertz CT molecular complexity index is 1700. The van der Waals surface area contributed by atoms with Gasteiger partial charge in [0.25, 0.3) is 11.8 Å². The second-order valence-corrected chi connectivity index (χ2v) is 15.7. The Morgan fingerprint density at radius 2 is 1.69 bits per heavy atom. The van der Waals surface area contributed by atoms with Crippen molar-refractivity contribution >= 4 is 39.8 Å². The van der Waals surface area contributed by atoms with Crippen molar-refractivity contribution in [3.63, 3.8) is 0 Å². The third-order valence-corrected chi connectivity index (χ3v) is 11.7. The van der Waals surface area contributed by atoms with Crippen LogP contribution < -0.4 is 10.1 Å². The number of nitrogens with one attached hydrogen (secondary N) is 1. The number of aryl methyl sites for hydroxylation is 2. The Labute approximate surface area is 297 Å². The number of hydrogen-bond acceptors (Lipinski definition) is 6. The van der Waals surface area contributed by atoms with Gasteiger partial charge >= 0.3 is 12.1 Å². The monoisotopic (exact) mass is 736 g/mol. The summed E-state index contributed by atoms with van der Waals surface area (Å²) >= 11 is 0. The summed E-state index contributed by atoms with van der Waals surface area (Å²) in [6.07, 6.45) is -3.25. The van der Waals surface area contributed by atoms with Crippen LogP contribution in [-0.2, 0) is 4.79 Å². The topological polar surface area (TPSA) is 94.5 Å². The van der Waals surface area contributed by atoms with Crippen LogP contribution in [-0.4, -0.2) is 93.4 Å². The summed E-state index contributed by atoms with van der Waals surface area (Å²) in [4.78, 5) is 33.1. The Morgan fingerprint density at radius 1 is 1.04 bits per heavy atom. The molecule has 2 aromatic rings. The van der Waals surface area contributed by atoms with Crippen molar-refractivity contribution in [3.05, 3.63) is 69.6 Å². The molecular weight excluding hydrogens is 691 g/mol. The number of amidine groups is 1. The fourth-order valence-electron chi connectivity index (χ4n) is 6.60. The number of hydrogen-bond donors (Lipinski definition) is 2. The molecule has 5 rings (SSSR count). The molecule has 3 aliphatic heterocycles. The fraction of sp³-hybridized carbons (Fsp3) is 0.514. The van der Waals surface area contributed by atoms with Crippen LogP contribution in [0.4, 0.5) is 22.0 Å². The zero-order valence-corrected chi connectivity index (χ0v) is 30.1. The lowest BCUT2D eigenvalue weighted by Gasteiger charge is -2.36. The van der Waals surface area contributed by atoms with Crippen molar-refractivity contribution in [2.45, 2.75) is 89.5 Å². The molecule has 1 atom stereocenters. The van der Waals surface area contributed by atoms with Gasteiger partial charge in [-0.05, 0) is 118 Å². The molecule has 51 heavy (non-hydrogen) atoms. The average Bonchev–Trinajstić information content (AvgIpc) is 3.39. The van der Waals surface area contributed by atoms with Crippen LogP contribution in [0, 0.1) is 13.8 Å². The number of rotatable bonds is 10. The van der Waals surface area contributed by atoms with Gasteiger partial charge in [-0.25, -0.2) is 0 Å². The number of halogens is 5. The van der Waals surface area contributed by atoms with E-state index in [1.165, 1.54) is 0 Å². The van der Waals surface area contributed by atoms with E-state index < -0.39 is 36.1 Å². The lowest BCUT2D eigenvalue weighted by atomic mass is 9.89. The van der Waals surface area contributed by atoms with Crippen LogP contribution in [0.3, 0.4) is 0 Å². The summed E-state index contributed by atoms with van der Waals surface area (Å²) in [6.45, 7) is 9.80. The first kappa shape index (κ1) is 38.6. The number of amides is 2. The number of carbonyl (C=O) groups excluding carboxylic acids is 2. The molecule has 1 spiro atoms. The van der Waals surface area contributed by atoms with Crippen LogP contribution in [0.25, 0.3) is 6.08 Å². The summed E-state index contributed by atoms with van der Waals surface area (Å²) in [7, 11) is -0.328. The Morgan fingerprint density at radius 3 is 2.29 bits per heavy atom. The summed E-state index contributed by atoms with van der Waals surface area (Å²) < 4.78 is 71.4. The van der Waals surface area contributed by atoms with Crippen molar-refractivity contribution < 1.29 is 41.4 Å². The molecule has 3 aliphatic rings. The van der Waals surface area contributed by atoms with E-state index in [-0.39, 0.29) is 34.8 Å². The van der Waals surface area contributed by atoms with Crippen molar-refractivity contribution in [1.82, 2.24) is 14.5 Å². The number of aliphatic hydroxyl groups is 1. The number of aliphatic imine (C=N–C) groups is 1. The van der Waals surface area contributed by atoms with Gasteiger partial charge in [0.05, 0.1) is 12.2 Å². The third-order valence-electron chi connectivity index (χ3n) is 9.84. The van der Waals surface area contributed by atoms with E-state index in [2.05, 4.69) is 26.5 Å². The largest absolute Gasteiger partial charge is 0.494 e. The first-order valence-corrected chi connectivity index (χ1v) is 18.4. The smallest absolute Gasteiger partial charge is 0.453 e. The second-order valence-electron chi connectivity index (χ2n) is 13.8. The Hall–Kier alpha value is -3.62. The minimum atomic E-state index is -5.60. The highest BCUT2D eigenvalue weighted by Gasteiger charge is 2.56. The van der Waals surface area contributed by atoms with E-state index in [1.807, 2.05) is 39.8 Å². The molecule has 2 aromatic carbocycles. The summed E-state index contributed by atoms with van der Waals surface area (Å²) in [5.74, 6) is -4.36. The van der Waals surface area contributed by atoms with E-state index in [1.54, 1.807) is 29.2 Å². The van der Waals surface area contributed by atoms with Crippen molar-refractivity contribution in [2.75, 3.05) is 32.8 Å². The first-order valence-electron chi connectivity index (χ1n) is 17.1. The summed E-state index contributed by atoms with van der Waals surface area (Å²) in [5, 5.41) is 17.4. The number of benzene rings is 2. The standard InChI is InChI=1S/C37H45F5N4O4S/c1-5-51(21-10-30-25(2)22-28(23-26(30)3)32(47)45-16-12-34(4,49)13-17-45)46-18-14-35(15-19-46)33(48)43-31(44-35)27-8-6-9-29(24-27)50-20-7-11-36(38,39)37(40,41)42/h5-6,8-10,21-24,49H,7,11-20H2,1-4H3,(H,43,44,48)/b21-10+. The molecule has 8 nitrogen and oxygen atoms in total. The van der Waals surface area contributed by atoms with Crippen LogP contribution in [0.15, 0.2) is 46.8 Å². The lowest BCUT2D eigenvalue weighted by Crippen LogP contribution is -2.47. The maximum absolute atomic E-state index is 13.2. The van der Waals surface area contributed by atoms with Gasteiger partial charge in [0.2, 0.25) is 0 Å². The van der Waals surface area contributed by atoms with Crippen LogP contribution >= 0.6 is 10.7 Å². The molecule has 14 heteroatoms. The van der Waals surface area contributed by atoms with Crippen LogP contribution in [0.2, 0.25) is 0 Å². The number of ether oxygens (including phenoxy) is 1. The lowest BCUT2D eigenvalue weighted by molar-refractivity contribution is -0.284. The summed E-state index contributed by atoms with van der Waals surface area (Å²) in [6, 6.07) is 10.4. The fourth-order valence-corrected chi connectivity index (χ4v) is 8.11. The Balaban J connectivity index is 1.19. The normalized spacial score (nSPS) is 20.2. The maximum atomic E-state index is 13.2. The second kappa shape index (κ2) is 15.2. The number of piperidine rings is 2. The van der Waals surface area contributed by atoms with Gasteiger partial charge in [-0.3, -0.25) is 18.9 Å². The van der Waals surface area contributed by atoms with Gasteiger partial charge in [0.1, 0.15) is 17.1 Å². The van der Waals surface area contributed by atoms with Gasteiger partial charge in [-0.2, -0.15) is 22.0 Å². The maximum Gasteiger partial charge on any atom is 0.453 e. The van der Waals surface area contributed by atoms with E-state index >= 15 is 0 Å². The zero-order valence-electron chi connectivity index (χ0n) is 29.3. The molecule has 2 fully saturated rings. The van der Waals surface area contributed by atoms with Crippen molar-refractivity contribution in [2.24, 2.45) is 4.99 Å². The van der Waals surface area contributed by atoms with E-state index in [0.717, 1.165) is 16.7 Å². The average molecular weight is 737 g/mol. The predicted octanol–water partition coefficient (Wildman–Crippen LogP) is 7.03. The van der Waals surface area contributed by atoms with Gasteiger partial charge in [0, 0.05) is 43.7 Å². The summed E-state index contributed by atoms with van der Waals surface area (Å²) in [5.41, 5.74) is 2.58. The van der Waals surface area contributed by atoms with E-state index in [0.29, 0.717) is 68.8 Å². The molecule has 0 aromatic heterocycles. The van der Waals surface area contributed by atoms with Crippen LogP contribution in [0.5, 0.6) is 5.75 Å². The molecule has 2 N–H and O–H groups in total. The van der Waals surface area contributed by atoms with Gasteiger partial charge in [-0.1, -0.05) is 22.8 Å². The molecule has 2 saturated heterocycles. The van der Waals surface area contributed by atoms with Gasteiger partial charge in [-0.15, -0.1) is 0 Å². The molecule has 1 unspecified atom stereocenters. The third kappa shape index (κ3) is 8.89. The molecule has 278 valence electrons. The molecule has 0 saturated carbocycles. The van der Waals surface area contributed by atoms with Crippen LogP contribution in [0.1, 0.15) is 85.0 Å². The molecule has 2 amide bonds. The quantitative estimate of drug-likeness (QED) is 0.155. The predicted molar refractivity (Wildman–Crippen MR) is 190 cm³/mol. The van der Waals surface area contributed by atoms with Crippen molar-refractivity contribution in [3.8, 4) is 5.75 Å². The number of nitrogens with zero attached hydrogens (tertiary/aromatic N) is 3. The number of carbonyl (C=O) groups is 2. The molecular formula is C37H45F5N4O4S.